The third-order valence-corrected chi connectivity index (χ3v) is 5.47. The van der Waals surface area contributed by atoms with Crippen LogP contribution >= 0.6 is 23.7 Å². The van der Waals surface area contributed by atoms with Crippen LogP contribution < -0.4 is 10.1 Å². The molecule has 1 N–H and O–H groups in total. The minimum atomic E-state index is 0. The van der Waals surface area contributed by atoms with Crippen molar-refractivity contribution in [2.75, 3.05) is 26.7 Å². The summed E-state index contributed by atoms with van der Waals surface area (Å²) in [7, 11) is 1.75. The first-order chi connectivity index (χ1) is 11.2. The van der Waals surface area contributed by atoms with Gasteiger partial charge in [0.15, 0.2) is 0 Å². The lowest BCUT2D eigenvalue weighted by Gasteiger charge is -2.32. The van der Waals surface area contributed by atoms with Crippen molar-refractivity contribution in [3.05, 3.63) is 52.2 Å². The summed E-state index contributed by atoms with van der Waals surface area (Å²) in [5.41, 5.74) is 1.63. The van der Waals surface area contributed by atoms with E-state index < -0.39 is 0 Å². The van der Waals surface area contributed by atoms with Crippen LogP contribution in [-0.2, 0) is 13.1 Å². The van der Waals surface area contributed by atoms with Gasteiger partial charge < -0.3 is 10.1 Å². The van der Waals surface area contributed by atoms with Crippen LogP contribution in [0.2, 0.25) is 0 Å². The standard InChI is InChI=1S/C19H26N2OS.ClH/c1-19(9-10-20-14-19)15-21(13-17-7-5-11-23-17)12-16-6-3-4-8-18(16)22-2;/h3-8,11,20H,9-10,12-15H2,1-2H3;1H. The molecule has 1 atom stereocenters. The van der Waals surface area contributed by atoms with Gasteiger partial charge in [0, 0.05) is 36.6 Å². The van der Waals surface area contributed by atoms with Crippen molar-refractivity contribution in [2.45, 2.75) is 26.4 Å². The molecule has 1 saturated heterocycles. The largest absolute Gasteiger partial charge is 0.496 e. The molecule has 0 bridgehead atoms. The topological polar surface area (TPSA) is 24.5 Å². The number of nitrogens with one attached hydrogen (secondary N) is 1. The highest BCUT2D eigenvalue weighted by atomic mass is 35.5. The van der Waals surface area contributed by atoms with Crippen molar-refractivity contribution in [3.63, 3.8) is 0 Å². The zero-order valence-electron chi connectivity index (χ0n) is 14.5. The molecule has 3 rings (SSSR count). The van der Waals surface area contributed by atoms with Crippen molar-refractivity contribution in [2.24, 2.45) is 5.41 Å². The zero-order valence-corrected chi connectivity index (χ0v) is 16.1. The molecule has 2 aromatic rings. The van der Waals surface area contributed by atoms with Crippen LogP contribution in [0, 0.1) is 5.41 Å². The Morgan fingerprint density at radius 2 is 2.04 bits per heavy atom. The van der Waals surface area contributed by atoms with Crippen LogP contribution in [-0.4, -0.2) is 31.6 Å². The number of ether oxygens (including phenoxy) is 1. The van der Waals surface area contributed by atoms with Gasteiger partial charge in [0.1, 0.15) is 5.75 Å². The van der Waals surface area contributed by atoms with Crippen LogP contribution in [0.15, 0.2) is 41.8 Å². The summed E-state index contributed by atoms with van der Waals surface area (Å²) in [5.74, 6) is 0.985. The highest BCUT2D eigenvalue weighted by Crippen LogP contribution is 2.29. The van der Waals surface area contributed by atoms with Gasteiger partial charge >= 0.3 is 0 Å². The molecule has 0 saturated carbocycles. The first kappa shape index (κ1) is 19.3. The lowest BCUT2D eigenvalue weighted by Crippen LogP contribution is -2.36. The second-order valence-electron chi connectivity index (χ2n) is 6.77. The number of halogens is 1. The van der Waals surface area contributed by atoms with E-state index in [0.717, 1.165) is 38.5 Å². The highest BCUT2D eigenvalue weighted by molar-refractivity contribution is 7.09. The van der Waals surface area contributed by atoms with Crippen LogP contribution in [0.1, 0.15) is 23.8 Å². The van der Waals surface area contributed by atoms with Gasteiger partial charge in [-0.2, -0.15) is 0 Å². The number of hydrogen-bond donors (Lipinski definition) is 1. The summed E-state index contributed by atoms with van der Waals surface area (Å²) in [6.07, 6.45) is 1.25. The van der Waals surface area contributed by atoms with Gasteiger partial charge in [0.25, 0.3) is 0 Å². The molecule has 0 amide bonds. The minimum Gasteiger partial charge on any atom is -0.496 e. The Bertz CT molecular complexity index is 612. The first-order valence-corrected chi connectivity index (χ1v) is 9.14. The van der Waals surface area contributed by atoms with E-state index in [4.69, 9.17) is 4.74 Å². The number of methoxy groups -OCH3 is 1. The molecule has 2 heterocycles. The van der Waals surface area contributed by atoms with E-state index in [1.165, 1.54) is 16.9 Å². The summed E-state index contributed by atoms with van der Waals surface area (Å²) < 4.78 is 5.54. The fourth-order valence-electron chi connectivity index (χ4n) is 3.41. The van der Waals surface area contributed by atoms with E-state index in [1.54, 1.807) is 7.11 Å². The molecule has 5 heteroatoms. The average Bonchev–Trinajstić information content (AvgIpc) is 3.20. The molecule has 3 nitrogen and oxygen atoms in total. The number of hydrogen-bond acceptors (Lipinski definition) is 4. The Kier molecular flexibility index (Phi) is 7.11. The van der Waals surface area contributed by atoms with Crippen LogP contribution in [0.5, 0.6) is 5.75 Å². The molecule has 1 aliphatic heterocycles. The van der Waals surface area contributed by atoms with Crippen molar-refractivity contribution in [3.8, 4) is 5.75 Å². The van der Waals surface area contributed by atoms with Gasteiger partial charge in [-0.05, 0) is 35.9 Å². The zero-order chi connectivity index (χ0) is 16.1. The molecule has 0 spiro atoms. The van der Waals surface area contributed by atoms with Crippen LogP contribution in [0.3, 0.4) is 0 Å². The molecule has 24 heavy (non-hydrogen) atoms. The van der Waals surface area contributed by atoms with Crippen molar-refractivity contribution in [1.29, 1.82) is 0 Å². The number of benzene rings is 1. The Morgan fingerprint density at radius 1 is 1.21 bits per heavy atom. The monoisotopic (exact) mass is 366 g/mol. The van der Waals surface area contributed by atoms with E-state index in [-0.39, 0.29) is 12.4 Å². The number of para-hydroxylation sites is 1. The van der Waals surface area contributed by atoms with Gasteiger partial charge in [0.05, 0.1) is 7.11 Å². The maximum absolute atomic E-state index is 5.54. The van der Waals surface area contributed by atoms with Gasteiger partial charge in [0.2, 0.25) is 0 Å². The fraction of sp³-hybridized carbons (Fsp3) is 0.474. The van der Waals surface area contributed by atoms with E-state index in [9.17, 15) is 0 Å². The van der Waals surface area contributed by atoms with E-state index in [0.29, 0.717) is 5.41 Å². The third kappa shape index (κ3) is 4.96. The summed E-state index contributed by atoms with van der Waals surface area (Å²) in [4.78, 5) is 3.99. The van der Waals surface area contributed by atoms with E-state index in [1.807, 2.05) is 17.4 Å². The van der Waals surface area contributed by atoms with Gasteiger partial charge in [-0.3, -0.25) is 4.90 Å². The van der Waals surface area contributed by atoms with Crippen LogP contribution in [0.25, 0.3) is 0 Å². The first-order valence-electron chi connectivity index (χ1n) is 8.26. The lowest BCUT2D eigenvalue weighted by atomic mass is 9.89. The normalized spacial score (nSPS) is 20.1. The van der Waals surface area contributed by atoms with E-state index in [2.05, 4.69) is 52.9 Å². The molecule has 0 radical (unpaired) electrons. The Balaban J connectivity index is 0.00000208. The summed E-state index contributed by atoms with van der Waals surface area (Å²) in [5, 5.41) is 5.68. The fourth-order valence-corrected chi connectivity index (χ4v) is 4.15. The Labute approximate surface area is 155 Å². The highest BCUT2D eigenvalue weighted by Gasteiger charge is 2.31. The molecule has 132 valence electrons. The molecule has 1 unspecified atom stereocenters. The predicted octanol–water partition coefficient (Wildman–Crippen LogP) is 4.18. The lowest BCUT2D eigenvalue weighted by molar-refractivity contribution is 0.163. The van der Waals surface area contributed by atoms with Crippen molar-refractivity contribution < 1.29 is 4.74 Å². The van der Waals surface area contributed by atoms with Gasteiger partial charge in [-0.25, -0.2) is 0 Å². The summed E-state index contributed by atoms with van der Waals surface area (Å²) >= 11 is 1.84. The van der Waals surface area contributed by atoms with Gasteiger partial charge in [-0.15, -0.1) is 23.7 Å². The maximum Gasteiger partial charge on any atom is 0.123 e. The quantitative estimate of drug-likeness (QED) is 0.795. The van der Waals surface area contributed by atoms with Crippen molar-refractivity contribution in [1.82, 2.24) is 10.2 Å². The second kappa shape index (κ2) is 8.86. The smallest absolute Gasteiger partial charge is 0.123 e. The van der Waals surface area contributed by atoms with Crippen LogP contribution in [0.4, 0.5) is 0 Å². The average molecular weight is 367 g/mol. The molecule has 1 aliphatic rings. The second-order valence-corrected chi connectivity index (χ2v) is 7.81. The number of nitrogens with zero attached hydrogens (tertiary/aromatic N) is 1. The molecule has 0 aliphatic carbocycles. The van der Waals surface area contributed by atoms with Crippen molar-refractivity contribution >= 4 is 23.7 Å². The summed E-state index contributed by atoms with van der Waals surface area (Å²) in [6, 6.07) is 12.7. The maximum atomic E-state index is 5.54. The van der Waals surface area contributed by atoms with Gasteiger partial charge in [-0.1, -0.05) is 31.2 Å². The Hall–Kier alpha value is -1.07. The Morgan fingerprint density at radius 3 is 2.71 bits per heavy atom. The SMILES string of the molecule is COc1ccccc1CN(Cc1cccs1)CC1(C)CCNC1.Cl. The number of rotatable bonds is 7. The number of thiophene rings is 1. The molecule has 1 fully saturated rings. The minimum absolute atomic E-state index is 0. The molecule has 1 aromatic heterocycles. The third-order valence-electron chi connectivity index (χ3n) is 4.61. The molecular formula is C19H27ClN2OS. The molecular weight excluding hydrogens is 340 g/mol. The van der Waals surface area contributed by atoms with E-state index >= 15 is 0 Å². The predicted molar refractivity (Wildman–Crippen MR) is 104 cm³/mol. The summed E-state index contributed by atoms with van der Waals surface area (Å²) in [6.45, 7) is 7.69. The molecule has 1 aromatic carbocycles.